The van der Waals surface area contributed by atoms with Crippen LogP contribution in [0.4, 0.5) is 11.4 Å². The number of halogens is 1. The Balaban J connectivity index is 1.67. The Morgan fingerprint density at radius 2 is 1.50 bits per heavy atom. The summed E-state index contributed by atoms with van der Waals surface area (Å²) in [7, 11) is 0. The molecule has 3 aromatic carbocycles. The second-order valence-electron chi connectivity index (χ2n) is 5.80. The number of nitrogens with two attached hydrogens (primary N) is 1. The summed E-state index contributed by atoms with van der Waals surface area (Å²) < 4.78 is 6.79. The molecule has 0 unspecified atom stereocenters. The van der Waals surface area contributed by atoms with Gasteiger partial charge in [0.15, 0.2) is 0 Å². The van der Waals surface area contributed by atoms with Crippen molar-refractivity contribution in [3.8, 4) is 11.5 Å². The summed E-state index contributed by atoms with van der Waals surface area (Å²) in [5.41, 5.74) is 7.58. The lowest BCUT2D eigenvalue weighted by atomic mass is 10.1. The van der Waals surface area contributed by atoms with E-state index in [4.69, 9.17) is 10.5 Å². The normalized spacial score (nSPS) is 13.0. The molecule has 0 aliphatic carbocycles. The molecule has 2 N–H and O–H groups in total. The van der Waals surface area contributed by atoms with Crippen LogP contribution in [0.5, 0.6) is 11.5 Å². The average Bonchev–Trinajstić information content (AvgIpc) is 2.87. The molecule has 0 radical (unpaired) electrons. The van der Waals surface area contributed by atoms with Gasteiger partial charge in [0.1, 0.15) is 11.5 Å². The number of anilines is 2. The number of rotatable bonds is 3. The Labute approximate surface area is 163 Å². The summed E-state index contributed by atoms with van der Waals surface area (Å²) in [5, 5.41) is 0. The van der Waals surface area contributed by atoms with Crippen LogP contribution in [0.2, 0.25) is 0 Å². The molecular formula is C20H13IN2O3. The molecule has 6 heteroatoms. The molecule has 1 aliphatic rings. The maximum Gasteiger partial charge on any atom is 0.266 e. The van der Waals surface area contributed by atoms with Crippen molar-refractivity contribution >= 4 is 45.8 Å². The van der Waals surface area contributed by atoms with Crippen LogP contribution in [0.25, 0.3) is 0 Å². The van der Waals surface area contributed by atoms with Gasteiger partial charge in [-0.15, -0.1) is 0 Å². The Bertz CT molecular complexity index is 1030. The highest BCUT2D eigenvalue weighted by atomic mass is 127. The Hall–Kier alpha value is -2.87. The first-order valence-electron chi connectivity index (χ1n) is 7.85. The number of fused-ring (bicyclic) bond motifs is 1. The molecule has 5 nitrogen and oxygen atoms in total. The number of imide groups is 1. The molecule has 0 fully saturated rings. The Morgan fingerprint density at radius 1 is 0.808 bits per heavy atom. The fraction of sp³-hybridized carbons (Fsp3) is 0. The number of hydrogen-bond donors (Lipinski definition) is 1. The van der Waals surface area contributed by atoms with Gasteiger partial charge in [0.25, 0.3) is 11.8 Å². The zero-order chi connectivity index (χ0) is 18.3. The molecule has 128 valence electrons. The number of benzene rings is 3. The fourth-order valence-corrected chi connectivity index (χ4v) is 3.18. The van der Waals surface area contributed by atoms with Gasteiger partial charge in [0, 0.05) is 15.3 Å². The van der Waals surface area contributed by atoms with Crippen molar-refractivity contribution < 1.29 is 14.3 Å². The average molecular weight is 456 g/mol. The molecule has 0 aromatic heterocycles. The van der Waals surface area contributed by atoms with Crippen LogP contribution in [0.15, 0.2) is 66.7 Å². The van der Waals surface area contributed by atoms with Crippen molar-refractivity contribution in [1.82, 2.24) is 0 Å². The van der Waals surface area contributed by atoms with Crippen LogP contribution in [0.3, 0.4) is 0 Å². The number of carbonyl (C=O) groups is 2. The van der Waals surface area contributed by atoms with E-state index in [1.165, 1.54) is 4.90 Å². The number of carbonyl (C=O) groups excluding carboxylic acids is 2. The molecule has 0 saturated carbocycles. The van der Waals surface area contributed by atoms with Crippen molar-refractivity contribution in [2.75, 3.05) is 10.6 Å². The predicted octanol–water partition coefficient (Wildman–Crippen LogP) is 4.47. The van der Waals surface area contributed by atoms with Gasteiger partial charge in [-0.3, -0.25) is 9.59 Å². The van der Waals surface area contributed by atoms with Gasteiger partial charge in [-0.2, -0.15) is 0 Å². The van der Waals surface area contributed by atoms with Crippen molar-refractivity contribution in [3.05, 3.63) is 81.4 Å². The van der Waals surface area contributed by atoms with Gasteiger partial charge in [-0.25, -0.2) is 4.90 Å². The van der Waals surface area contributed by atoms with E-state index < -0.39 is 0 Å². The summed E-state index contributed by atoms with van der Waals surface area (Å²) in [5.74, 6) is 0.349. The van der Waals surface area contributed by atoms with Crippen molar-refractivity contribution in [3.63, 3.8) is 0 Å². The van der Waals surface area contributed by atoms with Crippen LogP contribution in [0.1, 0.15) is 20.7 Å². The first kappa shape index (κ1) is 16.6. The molecular weight excluding hydrogens is 443 g/mol. The molecule has 0 bridgehead atoms. The summed E-state index contributed by atoms with van der Waals surface area (Å²) in [6, 6.07) is 19.1. The van der Waals surface area contributed by atoms with E-state index in [9.17, 15) is 9.59 Å². The van der Waals surface area contributed by atoms with Gasteiger partial charge in [0.05, 0.1) is 16.8 Å². The molecule has 1 heterocycles. The maximum atomic E-state index is 12.8. The number of hydrogen-bond acceptors (Lipinski definition) is 4. The van der Waals surface area contributed by atoms with Crippen molar-refractivity contribution in [2.24, 2.45) is 0 Å². The molecule has 4 rings (SSSR count). The summed E-state index contributed by atoms with van der Waals surface area (Å²) in [4.78, 5) is 26.6. The maximum absolute atomic E-state index is 12.8. The van der Waals surface area contributed by atoms with E-state index in [-0.39, 0.29) is 11.8 Å². The Morgan fingerprint density at radius 3 is 2.23 bits per heavy atom. The quantitative estimate of drug-likeness (QED) is 0.359. The van der Waals surface area contributed by atoms with E-state index in [1.807, 2.05) is 12.1 Å². The minimum Gasteiger partial charge on any atom is -0.457 e. The molecule has 3 aromatic rings. The number of nitrogens with zero attached hydrogens (tertiary/aromatic N) is 1. The lowest BCUT2D eigenvalue weighted by molar-refractivity contribution is 0.0926. The lowest BCUT2D eigenvalue weighted by Gasteiger charge is -2.13. The van der Waals surface area contributed by atoms with Gasteiger partial charge >= 0.3 is 0 Å². The third-order valence-electron chi connectivity index (χ3n) is 4.04. The highest BCUT2D eigenvalue weighted by Crippen LogP contribution is 2.32. The molecule has 0 saturated heterocycles. The molecule has 0 spiro atoms. The lowest BCUT2D eigenvalue weighted by Crippen LogP contribution is -2.29. The highest BCUT2D eigenvalue weighted by Gasteiger charge is 2.36. The first-order chi connectivity index (χ1) is 12.5. The number of nitrogen functional groups attached to an aromatic ring is 1. The van der Waals surface area contributed by atoms with Crippen LogP contribution in [0, 0.1) is 3.57 Å². The minimum absolute atomic E-state index is 0.329. The smallest absolute Gasteiger partial charge is 0.266 e. The Kier molecular flexibility index (Phi) is 4.12. The van der Waals surface area contributed by atoms with Crippen LogP contribution in [-0.2, 0) is 0 Å². The number of amides is 2. The van der Waals surface area contributed by atoms with Crippen LogP contribution < -0.4 is 15.4 Å². The fourth-order valence-electron chi connectivity index (χ4n) is 2.82. The third kappa shape index (κ3) is 2.92. The largest absolute Gasteiger partial charge is 0.457 e. The van der Waals surface area contributed by atoms with Gasteiger partial charge < -0.3 is 10.5 Å². The predicted molar refractivity (Wildman–Crippen MR) is 108 cm³/mol. The zero-order valence-corrected chi connectivity index (χ0v) is 15.6. The van der Waals surface area contributed by atoms with E-state index in [0.717, 1.165) is 3.57 Å². The highest BCUT2D eigenvalue weighted by molar-refractivity contribution is 14.1. The second kappa shape index (κ2) is 6.45. The molecule has 2 amide bonds. The van der Waals surface area contributed by atoms with Crippen LogP contribution >= 0.6 is 22.6 Å². The SMILES string of the molecule is Nc1cccc(Oc2ccc3c(c2)C(=O)N(c2ccc(I)cc2)C3=O)c1. The monoisotopic (exact) mass is 456 g/mol. The van der Waals surface area contributed by atoms with E-state index in [0.29, 0.717) is 34.0 Å². The zero-order valence-electron chi connectivity index (χ0n) is 13.5. The molecule has 1 aliphatic heterocycles. The summed E-state index contributed by atoms with van der Waals surface area (Å²) in [6.07, 6.45) is 0. The van der Waals surface area contributed by atoms with Crippen molar-refractivity contribution in [2.45, 2.75) is 0 Å². The van der Waals surface area contributed by atoms with Gasteiger partial charge in [-0.1, -0.05) is 6.07 Å². The van der Waals surface area contributed by atoms with Crippen LogP contribution in [-0.4, -0.2) is 11.8 Å². The molecule has 26 heavy (non-hydrogen) atoms. The standard InChI is InChI=1S/C20H13IN2O3/c21-12-4-6-14(7-5-12)23-19(24)17-9-8-16(11-18(17)20(23)25)26-15-3-1-2-13(22)10-15/h1-11H,22H2. The van der Waals surface area contributed by atoms with Gasteiger partial charge in [0.2, 0.25) is 0 Å². The molecule has 0 atom stereocenters. The number of ether oxygens (including phenoxy) is 1. The third-order valence-corrected chi connectivity index (χ3v) is 4.76. The van der Waals surface area contributed by atoms with Crippen molar-refractivity contribution in [1.29, 1.82) is 0 Å². The summed E-state index contributed by atoms with van der Waals surface area (Å²) in [6.45, 7) is 0. The topological polar surface area (TPSA) is 72.6 Å². The first-order valence-corrected chi connectivity index (χ1v) is 8.92. The second-order valence-corrected chi connectivity index (χ2v) is 7.05. The van der Waals surface area contributed by atoms with E-state index >= 15 is 0 Å². The van der Waals surface area contributed by atoms with E-state index in [2.05, 4.69) is 22.6 Å². The van der Waals surface area contributed by atoms with E-state index in [1.54, 1.807) is 54.6 Å². The van der Waals surface area contributed by atoms with Gasteiger partial charge in [-0.05, 0) is 77.2 Å². The minimum atomic E-state index is -0.357. The summed E-state index contributed by atoms with van der Waals surface area (Å²) >= 11 is 2.17.